The number of hydrogen-bond acceptors (Lipinski definition) is 5. The molecule has 2 aromatic rings. The van der Waals surface area contributed by atoms with Crippen molar-refractivity contribution < 1.29 is 14.3 Å². The molecule has 0 bridgehead atoms. The van der Waals surface area contributed by atoms with E-state index < -0.39 is 5.97 Å². The fourth-order valence-corrected chi connectivity index (χ4v) is 1.75. The van der Waals surface area contributed by atoms with Crippen LogP contribution in [0.3, 0.4) is 0 Å². The highest BCUT2D eigenvalue weighted by molar-refractivity contribution is 5.89. The maximum Gasteiger partial charge on any atom is 0.364 e. The van der Waals surface area contributed by atoms with Crippen molar-refractivity contribution in [2.45, 2.75) is 19.9 Å². The minimum atomic E-state index is -0.552. The van der Waals surface area contributed by atoms with Crippen molar-refractivity contribution in [2.75, 3.05) is 12.8 Å². The molecule has 0 aliphatic heterocycles. The first-order chi connectivity index (χ1) is 9.51. The summed E-state index contributed by atoms with van der Waals surface area (Å²) in [5.41, 5.74) is 5.97. The molecule has 0 aliphatic carbocycles. The average Bonchev–Trinajstić information content (AvgIpc) is 2.81. The van der Waals surface area contributed by atoms with Gasteiger partial charge in [-0.05, 0) is 26.0 Å². The predicted molar refractivity (Wildman–Crippen MR) is 75.0 cm³/mol. The zero-order valence-electron chi connectivity index (χ0n) is 11.7. The zero-order valence-corrected chi connectivity index (χ0v) is 11.7. The van der Waals surface area contributed by atoms with Gasteiger partial charge in [0, 0.05) is 18.2 Å². The Morgan fingerprint density at radius 2 is 2.00 bits per heavy atom. The van der Waals surface area contributed by atoms with Gasteiger partial charge in [-0.1, -0.05) is 6.07 Å². The number of carbonyl (C=O) groups is 1. The van der Waals surface area contributed by atoms with Gasteiger partial charge in [0.2, 0.25) is 0 Å². The molecule has 6 nitrogen and oxygen atoms in total. The summed E-state index contributed by atoms with van der Waals surface area (Å²) in [5.74, 6) is 0.886. The maximum absolute atomic E-state index is 12.0. The number of rotatable bonds is 4. The number of anilines is 1. The summed E-state index contributed by atoms with van der Waals surface area (Å²) >= 11 is 0. The molecule has 20 heavy (non-hydrogen) atoms. The van der Waals surface area contributed by atoms with Crippen LogP contribution in [0.5, 0.6) is 11.5 Å². The van der Waals surface area contributed by atoms with E-state index in [0.717, 1.165) is 0 Å². The monoisotopic (exact) mass is 275 g/mol. The number of nitrogen functional groups attached to an aromatic ring is 1. The lowest BCUT2D eigenvalue weighted by Crippen LogP contribution is -2.11. The molecule has 0 radical (unpaired) electrons. The molecule has 0 spiro atoms. The van der Waals surface area contributed by atoms with E-state index in [1.54, 1.807) is 36.1 Å². The van der Waals surface area contributed by atoms with Gasteiger partial charge >= 0.3 is 5.97 Å². The van der Waals surface area contributed by atoms with Crippen LogP contribution in [-0.4, -0.2) is 22.9 Å². The quantitative estimate of drug-likeness (QED) is 0.684. The maximum atomic E-state index is 12.0. The van der Waals surface area contributed by atoms with E-state index >= 15 is 0 Å². The number of carbonyl (C=O) groups excluding carboxylic acids is 1. The summed E-state index contributed by atoms with van der Waals surface area (Å²) in [7, 11) is 1.55. The van der Waals surface area contributed by atoms with Crippen LogP contribution in [0.15, 0.2) is 30.3 Å². The lowest BCUT2D eigenvalue weighted by atomic mass is 10.3. The number of aromatic nitrogens is 2. The third kappa shape index (κ3) is 2.90. The molecule has 6 heteroatoms. The van der Waals surface area contributed by atoms with Gasteiger partial charge in [-0.3, -0.25) is 0 Å². The number of methoxy groups -OCH3 is 1. The van der Waals surface area contributed by atoms with E-state index in [9.17, 15) is 4.79 Å². The first kappa shape index (κ1) is 13.9. The van der Waals surface area contributed by atoms with E-state index in [1.807, 2.05) is 13.8 Å². The smallest absolute Gasteiger partial charge is 0.364 e. The predicted octanol–water partition coefficient (Wildman–Crippen LogP) is 2.27. The molecule has 1 aromatic heterocycles. The van der Waals surface area contributed by atoms with Crippen LogP contribution in [0.2, 0.25) is 0 Å². The first-order valence-corrected chi connectivity index (χ1v) is 6.22. The highest BCUT2D eigenvalue weighted by Crippen LogP contribution is 2.20. The number of ether oxygens (including phenoxy) is 2. The van der Waals surface area contributed by atoms with Crippen LogP contribution >= 0.6 is 0 Å². The van der Waals surface area contributed by atoms with E-state index in [1.165, 1.54) is 6.07 Å². The molecule has 0 atom stereocenters. The Labute approximate surface area is 117 Å². The Kier molecular flexibility index (Phi) is 3.93. The van der Waals surface area contributed by atoms with Gasteiger partial charge in [0.05, 0.1) is 7.11 Å². The van der Waals surface area contributed by atoms with Gasteiger partial charge in [0.1, 0.15) is 17.3 Å². The Balaban J connectivity index is 2.17. The summed E-state index contributed by atoms with van der Waals surface area (Å²) < 4.78 is 11.9. The van der Waals surface area contributed by atoms with Crippen molar-refractivity contribution in [1.29, 1.82) is 0 Å². The second-order valence-electron chi connectivity index (χ2n) is 4.56. The van der Waals surface area contributed by atoms with Crippen molar-refractivity contribution in [3.8, 4) is 11.5 Å². The molecule has 0 saturated carbocycles. The van der Waals surface area contributed by atoms with Gasteiger partial charge in [-0.2, -0.15) is 5.10 Å². The third-order valence-corrected chi connectivity index (χ3v) is 2.71. The van der Waals surface area contributed by atoms with Crippen LogP contribution in [0.25, 0.3) is 0 Å². The van der Waals surface area contributed by atoms with Gasteiger partial charge in [-0.15, -0.1) is 0 Å². The van der Waals surface area contributed by atoms with Crippen molar-refractivity contribution in [3.05, 3.63) is 36.0 Å². The summed E-state index contributed by atoms with van der Waals surface area (Å²) in [5, 5.41) is 4.13. The minimum absolute atomic E-state index is 0.0772. The van der Waals surface area contributed by atoms with Crippen molar-refractivity contribution in [2.24, 2.45) is 0 Å². The standard InChI is InChI=1S/C14H17N3O3/c1-9(2)17-13(15)8-12(16-17)14(18)20-11-6-4-5-10(7-11)19-3/h4-9H,15H2,1-3H3. The van der Waals surface area contributed by atoms with Crippen molar-refractivity contribution in [3.63, 3.8) is 0 Å². The Morgan fingerprint density at radius 1 is 1.30 bits per heavy atom. The Bertz CT molecular complexity index is 620. The number of nitrogens with two attached hydrogens (primary N) is 1. The zero-order chi connectivity index (χ0) is 14.7. The fraction of sp³-hybridized carbons (Fsp3) is 0.286. The summed E-state index contributed by atoms with van der Waals surface area (Å²) in [6.07, 6.45) is 0. The molecular weight excluding hydrogens is 258 g/mol. The minimum Gasteiger partial charge on any atom is -0.497 e. The van der Waals surface area contributed by atoms with Crippen LogP contribution in [0, 0.1) is 0 Å². The number of benzene rings is 1. The molecule has 0 saturated heterocycles. The molecule has 1 aromatic carbocycles. The molecule has 0 aliphatic rings. The summed E-state index contributed by atoms with van der Waals surface area (Å²) in [4.78, 5) is 12.0. The lowest BCUT2D eigenvalue weighted by molar-refractivity contribution is 0.0727. The molecule has 0 amide bonds. The molecule has 106 valence electrons. The molecule has 0 unspecified atom stereocenters. The van der Waals surface area contributed by atoms with Crippen LogP contribution in [0.4, 0.5) is 5.82 Å². The van der Waals surface area contributed by atoms with Gasteiger partial charge in [-0.25, -0.2) is 9.48 Å². The largest absolute Gasteiger partial charge is 0.497 e. The van der Waals surface area contributed by atoms with Crippen LogP contribution in [-0.2, 0) is 0 Å². The third-order valence-electron chi connectivity index (χ3n) is 2.71. The van der Waals surface area contributed by atoms with Crippen molar-refractivity contribution in [1.82, 2.24) is 9.78 Å². The van der Waals surface area contributed by atoms with Gasteiger partial charge in [0.15, 0.2) is 5.69 Å². The van der Waals surface area contributed by atoms with E-state index in [-0.39, 0.29) is 11.7 Å². The number of nitrogens with zero attached hydrogens (tertiary/aromatic N) is 2. The lowest BCUT2D eigenvalue weighted by Gasteiger charge is -2.06. The van der Waals surface area contributed by atoms with E-state index in [4.69, 9.17) is 15.2 Å². The second kappa shape index (κ2) is 5.64. The molecule has 2 N–H and O–H groups in total. The molecule has 1 heterocycles. The Morgan fingerprint density at radius 3 is 2.60 bits per heavy atom. The second-order valence-corrected chi connectivity index (χ2v) is 4.56. The van der Waals surface area contributed by atoms with E-state index in [2.05, 4.69) is 5.10 Å². The number of hydrogen-bond donors (Lipinski definition) is 1. The summed E-state index contributed by atoms with van der Waals surface area (Å²) in [6, 6.07) is 8.38. The Hall–Kier alpha value is -2.50. The van der Waals surface area contributed by atoms with E-state index in [0.29, 0.717) is 17.3 Å². The molecular formula is C14H17N3O3. The SMILES string of the molecule is COc1cccc(OC(=O)c2cc(N)n(C(C)C)n2)c1. The van der Waals surface area contributed by atoms with Crippen molar-refractivity contribution >= 4 is 11.8 Å². The number of esters is 1. The normalized spacial score (nSPS) is 10.6. The fourth-order valence-electron chi connectivity index (χ4n) is 1.75. The highest BCUT2D eigenvalue weighted by Gasteiger charge is 2.16. The van der Waals surface area contributed by atoms with Gasteiger partial charge in [0.25, 0.3) is 0 Å². The highest BCUT2D eigenvalue weighted by atomic mass is 16.5. The van der Waals surface area contributed by atoms with Crippen LogP contribution < -0.4 is 15.2 Å². The van der Waals surface area contributed by atoms with Crippen LogP contribution in [0.1, 0.15) is 30.4 Å². The average molecular weight is 275 g/mol. The molecule has 0 fully saturated rings. The molecule has 2 rings (SSSR count). The topological polar surface area (TPSA) is 79.4 Å². The van der Waals surface area contributed by atoms with Gasteiger partial charge < -0.3 is 15.2 Å². The first-order valence-electron chi connectivity index (χ1n) is 6.22. The summed E-state index contributed by atoms with van der Waals surface area (Å²) in [6.45, 7) is 3.86.